The van der Waals surface area contributed by atoms with E-state index >= 15 is 0 Å². The molecule has 2 aromatic rings. The Hall–Kier alpha value is -1.76. The zero-order valence-electron chi connectivity index (χ0n) is 17.9. The van der Waals surface area contributed by atoms with Crippen molar-refractivity contribution in [2.75, 3.05) is 13.2 Å². The second-order valence-corrected chi connectivity index (χ2v) is 10.4. The van der Waals surface area contributed by atoms with Crippen LogP contribution in [0.1, 0.15) is 37.3 Å². The van der Waals surface area contributed by atoms with Gasteiger partial charge in [0.2, 0.25) is 0 Å². The van der Waals surface area contributed by atoms with Crippen LogP contribution in [-0.2, 0) is 19.1 Å². The van der Waals surface area contributed by atoms with Crippen LogP contribution >= 0.6 is 55.1 Å². The van der Waals surface area contributed by atoms with E-state index in [0.717, 1.165) is 20.9 Å². The molecule has 6 atom stereocenters. The third-order valence-corrected chi connectivity index (χ3v) is 7.88. The van der Waals surface area contributed by atoms with Gasteiger partial charge in [-0.25, -0.2) is 19.3 Å². The Morgan fingerprint density at radius 2 is 1.21 bits per heavy atom. The standard InChI is InChI=1S/2C10H9BrClN3O2/c2*1-2-17-10(16)7-5-6(7)9-13-3-4(11)15(9)14-8(5)12/h2*3,5-7H,2H2,1H3/t2*5-,6+,7-/m00/s1. The van der Waals surface area contributed by atoms with Gasteiger partial charge in [0.05, 0.1) is 37.4 Å². The number of hydrogen-bond acceptors (Lipinski definition) is 8. The van der Waals surface area contributed by atoms with E-state index in [1.54, 1.807) is 35.6 Å². The van der Waals surface area contributed by atoms with Crippen molar-refractivity contribution in [1.29, 1.82) is 0 Å². The summed E-state index contributed by atoms with van der Waals surface area (Å²) >= 11 is 18.8. The van der Waals surface area contributed by atoms with Crippen molar-refractivity contribution in [1.82, 2.24) is 19.3 Å². The molecule has 0 bridgehead atoms. The number of ether oxygens (including phenoxy) is 2. The molecule has 0 radical (unpaired) electrons. The summed E-state index contributed by atoms with van der Waals surface area (Å²) in [5.74, 6) is 0.523. The minimum atomic E-state index is -0.234. The van der Waals surface area contributed by atoms with Gasteiger partial charge in [0.25, 0.3) is 0 Å². The molecule has 0 N–H and O–H groups in total. The van der Waals surface area contributed by atoms with Crippen molar-refractivity contribution in [3.05, 3.63) is 33.2 Å². The topological polar surface area (TPSA) is 113 Å². The molecular formula is C20H18Br2Cl2N6O4. The van der Waals surface area contributed by atoms with Gasteiger partial charge in [0.1, 0.15) is 31.2 Å². The molecule has 0 saturated heterocycles. The Bertz CT molecular complexity index is 1150. The molecule has 0 aromatic carbocycles. The monoisotopic (exact) mass is 634 g/mol. The number of rotatable bonds is 4. The van der Waals surface area contributed by atoms with Crippen LogP contribution in [0.15, 0.2) is 31.8 Å². The van der Waals surface area contributed by atoms with E-state index < -0.39 is 0 Å². The van der Waals surface area contributed by atoms with Gasteiger partial charge in [0, 0.05) is 23.7 Å². The fourth-order valence-electron chi connectivity index (χ4n) is 4.57. The van der Waals surface area contributed by atoms with Gasteiger partial charge in [-0.2, -0.15) is 10.2 Å². The zero-order chi connectivity index (χ0) is 24.3. The molecular weight excluding hydrogens is 619 g/mol. The smallest absolute Gasteiger partial charge is 0.310 e. The highest BCUT2D eigenvalue weighted by Crippen LogP contribution is 2.58. The summed E-state index contributed by atoms with van der Waals surface area (Å²) in [4.78, 5) is 32.0. The van der Waals surface area contributed by atoms with Gasteiger partial charge < -0.3 is 9.47 Å². The van der Waals surface area contributed by atoms with E-state index in [1.807, 2.05) is 0 Å². The lowest BCUT2D eigenvalue weighted by molar-refractivity contribution is -0.145. The maximum Gasteiger partial charge on any atom is 0.310 e. The molecule has 2 aromatic heterocycles. The summed E-state index contributed by atoms with van der Waals surface area (Å²) in [6.07, 6.45) is 3.32. The predicted octanol–water partition coefficient (Wildman–Crippen LogP) is 3.90. The first-order valence-corrected chi connectivity index (χ1v) is 12.9. The molecule has 2 saturated carbocycles. The van der Waals surface area contributed by atoms with Crippen LogP contribution in [0.4, 0.5) is 0 Å². The molecule has 0 amide bonds. The van der Waals surface area contributed by atoms with Crippen molar-refractivity contribution in [2.24, 2.45) is 33.9 Å². The Morgan fingerprint density at radius 3 is 1.56 bits per heavy atom. The van der Waals surface area contributed by atoms with Gasteiger partial charge in [0.15, 0.2) is 0 Å². The average Bonchev–Trinajstić information content (AvgIpc) is 3.66. The number of carbonyl (C=O) groups is 2. The summed E-state index contributed by atoms with van der Waals surface area (Å²) in [5, 5.41) is 9.29. The van der Waals surface area contributed by atoms with E-state index in [-0.39, 0.29) is 47.4 Å². The third-order valence-electron chi connectivity index (χ3n) is 6.14. The van der Waals surface area contributed by atoms with Gasteiger partial charge in [-0.3, -0.25) is 9.59 Å². The Kier molecular flexibility index (Phi) is 6.36. The van der Waals surface area contributed by atoms with Crippen molar-refractivity contribution in [2.45, 2.75) is 25.7 Å². The molecule has 2 aliphatic heterocycles. The molecule has 2 fully saturated rings. The number of carbonyl (C=O) groups excluding carboxylic acids is 2. The second-order valence-electron chi connectivity index (χ2n) is 8.01. The quantitative estimate of drug-likeness (QED) is 0.471. The maximum absolute atomic E-state index is 11.7. The van der Waals surface area contributed by atoms with Crippen molar-refractivity contribution in [3.63, 3.8) is 0 Å². The van der Waals surface area contributed by atoms with Gasteiger partial charge in [-0.05, 0) is 45.7 Å². The first kappa shape index (κ1) is 24.0. The lowest BCUT2D eigenvalue weighted by Crippen LogP contribution is -2.09. The van der Waals surface area contributed by atoms with Crippen LogP contribution < -0.4 is 0 Å². The van der Waals surface area contributed by atoms with Crippen LogP contribution in [0, 0.1) is 23.7 Å². The van der Waals surface area contributed by atoms with Gasteiger partial charge in [-0.15, -0.1) is 0 Å². The van der Waals surface area contributed by atoms with E-state index in [1.165, 1.54) is 0 Å². The molecule has 4 aliphatic rings. The molecule has 6 rings (SSSR count). The Balaban J connectivity index is 0.000000142. The number of hydrogen-bond donors (Lipinski definition) is 0. The molecule has 0 unspecified atom stereocenters. The largest absolute Gasteiger partial charge is 0.466 e. The van der Waals surface area contributed by atoms with E-state index in [4.69, 9.17) is 32.7 Å². The highest BCUT2D eigenvalue weighted by atomic mass is 79.9. The average molecular weight is 637 g/mol. The lowest BCUT2D eigenvalue weighted by Gasteiger charge is -2.07. The predicted molar refractivity (Wildman–Crippen MR) is 130 cm³/mol. The molecule has 34 heavy (non-hydrogen) atoms. The summed E-state index contributed by atoms with van der Waals surface area (Å²) in [5.41, 5.74) is 0. The summed E-state index contributed by atoms with van der Waals surface area (Å²) in [6.45, 7) is 4.33. The van der Waals surface area contributed by atoms with Crippen molar-refractivity contribution in [3.8, 4) is 0 Å². The fraction of sp³-hybridized carbons (Fsp3) is 0.500. The van der Waals surface area contributed by atoms with Crippen molar-refractivity contribution < 1.29 is 19.1 Å². The highest BCUT2D eigenvalue weighted by molar-refractivity contribution is 9.10. The number of fused-ring (bicyclic) bond motifs is 6. The van der Waals surface area contributed by atoms with Crippen LogP contribution in [0.3, 0.4) is 0 Å². The maximum atomic E-state index is 11.7. The molecule has 2 aliphatic carbocycles. The van der Waals surface area contributed by atoms with E-state index in [9.17, 15) is 9.59 Å². The minimum absolute atomic E-state index is 0.00495. The highest BCUT2D eigenvalue weighted by Gasteiger charge is 2.63. The minimum Gasteiger partial charge on any atom is -0.466 e. The van der Waals surface area contributed by atoms with Gasteiger partial charge >= 0.3 is 11.9 Å². The molecule has 14 heteroatoms. The number of aromatic nitrogens is 4. The summed E-state index contributed by atoms with van der Waals surface area (Å²) in [6, 6.07) is 0. The zero-order valence-corrected chi connectivity index (χ0v) is 22.5. The number of halogens is 4. The second kappa shape index (κ2) is 9.03. The summed E-state index contributed by atoms with van der Waals surface area (Å²) < 4.78 is 14.8. The third kappa shape index (κ3) is 3.82. The first-order chi connectivity index (χ1) is 16.3. The normalized spacial score (nSPS) is 29.1. The van der Waals surface area contributed by atoms with Gasteiger partial charge in [-0.1, -0.05) is 23.2 Å². The molecule has 0 spiro atoms. The molecule has 4 heterocycles. The molecule has 10 nitrogen and oxygen atoms in total. The van der Waals surface area contributed by atoms with Crippen LogP contribution in [0.25, 0.3) is 0 Å². The fourth-order valence-corrected chi connectivity index (χ4v) is 5.99. The Morgan fingerprint density at radius 1 is 0.824 bits per heavy atom. The summed E-state index contributed by atoms with van der Waals surface area (Å²) in [7, 11) is 0. The van der Waals surface area contributed by atoms with E-state index in [0.29, 0.717) is 23.6 Å². The van der Waals surface area contributed by atoms with Crippen LogP contribution in [0.5, 0.6) is 0 Å². The number of imidazole rings is 2. The Labute approximate surface area is 220 Å². The first-order valence-electron chi connectivity index (χ1n) is 10.6. The van der Waals surface area contributed by atoms with E-state index in [2.05, 4.69) is 52.0 Å². The molecule has 180 valence electrons. The van der Waals surface area contributed by atoms with Crippen LogP contribution in [0.2, 0.25) is 0 Å². The van der Waals surface area contributed by atoms with Crippen LogP contribution in [-0.4, -0.2) is 54.8 Å². The lowest BCUT2D eigenvalue weighted by atomic mass is 10.3. The number of esters is 2. The number of nitrogens with zero attached hydrogens (tertiary/aromatic N) is 6. The SMILES string of the molecule is CCOC(=O)[C@H]1[C@H]2C(Cl)=Nn3c(Br)cnc3[C@H]21.CCOC(=O)[C@H]1[C@H]2C(Cl)=Nn3c(Br)cnc3[C@H]21. The van der Waals surface area contributed by atoms with Crippen molar-refractivity contribution >= 4 is 77.3 Å².